The third-order valence-electron chi connectivity index (χ3n) is 3.16. The highest BCUT2D eigenvalue weighted by atomic mass is 16.4. The first-order valence-electron chi connectivity index (χ1n) is 8.04. The van der Waals surface area contributed by atoms with E-state index in [0.29, 0.717) is 6.42 Å². The lowest BCUT2D eigenvalue weighted by Gasteiger charge is -2.04. The summed E-state index contributed by atoms with van der Waals surface area (Å²) in [6.45, 7) is 2.14. The summed E-state index contributed by atoms with van der Waals surface area (Å²) in [7, 11) is 0. The molecular weight excluding hydrogens is 264 g/mol. The molecule has 0 aromatic rings. The Morgan fingerprint density at radius 3 is 2.10 bits per heavy atom. The average molecular weight is 294 g/mol. The predicted octanol–water partition coefficient (Wildman–Crippen LogP) is 4.63. The van der Waals surface area contributed by atoms with Crippen LogP contribution >= 0.6 is 0 Å². The Labute approximate surface area is 129 Å². The summed E-state index contributed by atoms with van der Waals surface area (Å²) >= 11 is 0. The van der Waals surface area contributed by atoms with Gasteiger partial charge in [-0.1, -0.05) is 62.6 Å². The fraction of sp³-hybridized carbons (Fsp3) is 0.611. The zero-order valence-electron chi connectivity index (χ0n) is 13.2. The molecule has 120 valence electrons. The van der Waals surface area contributed by atoms with Crippen LogP contribution in [0.15, 0.2) is 36.5 Å². The second-order valence-electron chi connectivity index (χ2n) is 5.14. The summed E-state index contributed by atoms with van der Waals surface area (Å²) in [5.74, 6) is -1.11. The van der Waals surface area contributed by atoms with Crippen molar-refractivity contribution < 1.29 is 15.0 Å². The molecule has 21 heavy (non-hydrogen) atoms. The molecule has 0 heterocycles. The van der Waals surface area contributed by atoms with Gasteiger partial charge in [0.05, 0.1) is 0 Å². The van der Waals surface area contributed by atoms with Gasteiger partial charge in [-0.15, -0.1) is 0 Å². The number of hydrogen-bond donors (Lipinski definition) is 2. The summed E-state index contributed by atoms with van der Waals surface area (Å²) in [5, 5.41) is 17.6. The lowest BCUT2D eigenvalue weighted by atomic mass is 10.1. The number of aliphatic hydroxyl groups is 1. The van der Waals surface area contributed by atoms with E-state index in [-0.39, 0.29) is 0 Å². The minimum atomic E-state index is -1.19. The van der Waals surface area contributed by atoms with Gasteiger partial charge in [-0.25, -0.2) is 4.79 Å². The first-order chi connectivity index (χ1) is 10.2. The molecule has 3 heteroatoms. The van der Waals surface area contributed by atoms with E-state index < -0.39 is 12.1 Å². The predicted molar refractivity (Wildman–Crippen MR) is 88.3 cm³/mol. The number of allylic oxidation sites excluding steroid dienone is 6. The highest BCUT2D eigenvalue weighted by molar-refractivity contribution is 5.71. The van der Waals surface area contributed by atoms with Crippen molar-refractivity contribution in [3.63, 3.8) is 0 Å². The van der Waals surface area contributed by atoms with Gasteiger partial charge >= 0.3 is 5.97 Å². The maximum Gasteiger partial charge on any atom is 0.332 e. The van der Waals surface area contributed by atoms with Crippen molar-refractivity contribution in [2.45, 2.75) is 70.8 Å². The summed E-state index contributed by atoms with van der Waals surface area (Å²) < 4.78 is 0. The first-order valence-corrected chi connectivity index (χ1v) is 8.04. The van der Waals surface area contributed by atoms with E-state index in [1.807, 2.05) is 0 Å². The largest absolute Gasteiger partial charge is 0.479 e. The second kappa shape index (κ2) is 15.0. The summed E-state index contributed by atoms with van der Waals surface area (Å²) in [4.78, 5) is 10.4. The van der Waals surface area contributed by atoms with Gasteiger partial charge in [0.25, 0.3) is 0 Å². The van der Waals surface area contributed by atoms with Crippen LogP contribution < -0.4 is 0 Å². The molecule has 0 aliphatic heterocycles. The van der Waals surface area contributed by atoms with Crippen LogP contribution in [-0.4, -0.2) is 22.3 Å². The number of hydrogen-bond acceptors (Lipinski definition) is 2. The summed E-state index contributed by atoms with van der Waals surface area (Å²) in [5.41, 5.74) is 0. The Balaban J connectivity index is 3.33. The monoisotopic (exact) mass is 294 g/mol. The molecule has 0 spiro atoms. The molecule has 2 N–H and O–H groups in total. The van der Waals surface area contributed by atoms with Gasteiger partial charge in [-0.3, -0.25) is 0 Å². The number of rotatable bonds is 13. The Morgan fingerprint density at radius 1 is 0.905 bits per heavy atom. The topological polar surface area (TPSA) is 57.5 Å². The van der Waals surface area contributed by atoms with Crippen LogP contribution in [0.1, 0.15) is 64.7 Å². The Hall–Kier alpha value is -1.35. The fourth-order valence-corrected chi connectivity index (χ4v) is 1.90. The van der Waals surface area contributed by atoms with Crippen LogP contribution in [0.2, 0.25) is 0 Å². The average Bonchev–Trinajstić information content (AvgIpc) is 2.47. The maximum atomic E-state index is 10.4. The molecule has 0 fully saturated rings. The minimum absolute atomic E-state index is 0.364. The normalized spacial score (nSPS) is 13.6. The number of aliphatic hydroxyl groups excluding tert-OH is 1. The molecule has 0 saturated carbocycles. The van der Waals surface area contributed by atoms with Crippen LogP contribution in [0, 0.1) is 0 Å². The van der Waals surface area contributed by atoms with E-state index in [9.17, 15) is 4.79 Å². The molecule has 0 aromatic heterocycles. The third-order valence-corrected chi connectivity index (χ3v) is 3.16. The van der Waals surface area contributed by atoms with Crippen molar-refractivity contribution in [2.24, 2.45) is 0 Å². The van der Waals surface area contributed by atoms with Gasteiger partial charge in [0.15, 0.2) is 6.10 Å². The summed E-state index contributed by atoms with van der Waals surface area (Å²) in [6.07, 6.45) is 20.5. The Kier molecular flexibility index (Phi) is 14.1. The lowest BCUT2D eigenvalue weighted by molar-refractivity contribution is -0.146. The van der Waals surface area contributed by atoms with Crippen molar-refractivity contribution in [2.75, 3.05) is 0 Å². The van der Waals surface area contributed by atoms with Gasteiger partial charge in [-0.05, 0) is 38.5 Å². The maximum absolute atomic E-state index is 10.4. The van der Waals surface area contributed by atoms with E-state index in [0.717, 1.165) is 51.4 Å². The SMILES string of the molecule is CC/C=C\C/C=C\C/C=C\CCCCCCC(O)C(=O)O. The van der Waals surface area contributed by atoms with Gasteiger partial charge in [0.1, 0.15) is 0 Å². The molecule has 0 aliphatic carbocycles. The highest BCUT2D eigenvalue weighted by Crippen LogP contribution is 2.08. The van der Waals surface area contributed by atoms with E-state index in [2.05, 4.69) is 43.4 Å². The summed E-state index contributed by atoms with van der Waals surface area (Å²) in [6, 6.07) is 0. The molecule has 0 amide bonds. The fourth-order valence-electron chi connectivity index (χ4n) is 1.90. The lowest BCUT2D eigenvalue weighted by Crippen LogP contribution is -2.18. The van der Waals surface area contributed by atoms with Gasteiger partial charge < -0.3 is 10.2 Å². The molecule has 1 unspecified atom stereocenters. The van der Waals surface area contributed by atoms with E-state index in [4.69, 9.17) is 10.2 Å². The van der Waals surface area contributed by atoms with Crippen LogP contribution in [0.4, 0.5) is 0 Å². The number of aliphatic carboxylic acids is 1. The van der Waals surface area contributed by atoms with Crippen LogP contribution in [-0.2, 0) is 4.79 Å². The second-order valence-corrected chi connectivity index (χ2v) is 5.14. The Morgan fingerprint density at radius 2 is 1.48 bits per heavy atom. The molecule has 0 rings (SSSR count). The third kappa shape index (κ3) is 14.9. The van der Waals surface area contributed by atoms with E-state index in [1.54, 1.807) is 0 Å². The van der Waals surface area contributed by atoms with E-state index >= 15 is 0 Å². The van der Waals surface area contributed by atoms with Gasteiger partial charge in [-0.2, -0.15) is 0 Å². The smallest absolute Gasteiger partial charge is 0.332 e. The molecule has 0 saturated heterocycles. The van der Waals surface area contributed by atoms with Gasteiger partial charge in [0.2, 0.25) is 0 Å². The molecule has 1 atom stereocenters. The van der Waals surface area contributed by atoms with Crippen molar-refractivity contribution in [1.29, 1.82) is 0 Å². The number of carbonyl (C=O) groups is 1. The Bertz CT molecular complexity index is 329. The molecular formula is C18H30O3. The van der Waals surface area contributed by atoms with Crippen LogP contribution in [0.5, 0.6) is 0 Å². The van der Waals surface area contributed by atoms with Crippen molar-refractivity contribution in [3.05, 3.63) is 36.5 Å². The number of carboxylic acids is 1. The zero-order valence-corrected chi connectivity index (χ0v) is 13.2. The zero-order chi connectivity index (χ0) is 15.8. The van der Waals surface area contributed by atoms with Crippen molar-refractivity contribution in [1.82, 2.24) is 0 Å². The molecule has 0 radical (unpaired) electrons. The van der Waals surface area contributed by atoms with Crippen molar-refractivity contribution >= 4 is 5.97 Å². The molecule has 0 bridgehead atoms. The van der Waals surface area contributed by atoms with Gasteiger partial charge in [0, 0.05) is 0 Å². The van der Waals surface area contributed by atoms with Crippen LogP contribution in [0.25, 0.3) is 0 Å². The quantitative estimate of drug-likeness (QED) is 0.384. The van der Waals surface area contributed by atoms with Crippen molar-refractivity contribution in [3.8, 4) is 0 Å². The minimum Gasteiger partial charge on any atom is -0.479 e. The number of carboxylic acid groups (broad SMARTS) is 1. The van der Waals surface area contributed by atoms with Crippen LogP contribution in [0.3, 0.4) is 0 Å². The van der Waals surface area contributed by atoms with E-state index in [1.165, 1.54) is 0 Å². The molecule has 0 aromatic carbocycles. The number of unbranched alkanes of at least 4 members (excludes halogenated alkanes) is 4. The molecule has 0 aliphatic rings. The standard InChI is InChI=1S/C18H30O3/c1-2-3-4-5-6-7-8-9-10-11-12-13-14-15-16-17(19)18(20)21/h3-4,6-7,9-10,17,19H,2,5,8,11-16H2,1H3,(H,20,21)/b4-3-,7-6-,10-9-. The first kappa shape index (κ1) is 19.7. The molecule has 3 nitrogen and oxygen atoms in total. The highest BCUT2D eigenvalue weighted by Gasteiger charge is 2.11.